The SMILES string of the molecule is Cc1ccccc1OCc1ccc2c(c1)CCC2. The Morgan fingerprint density at radius 2 is 1.83 bits per heavy atom. The number of fused-ring (bicyclic) bond motifs is 1. The fourth-order valence-corrected chi connectivity index (χ4v) is 2.59. The lowest BCUT2D eigenvalue weighted by Gasteiger charge is -2.10. The van der Waals surface area contributed by atoms with Gasteiger partial charge in [-0.05, 0) is 54.5 Å². The van der Waals surface area contributed by atoms with Crippen molar-refractivity contribution in [1.82, 2.24) is 0 Å². The van der Waals surface area contributed by atoms with Crippen LogP contribution in [0.5, 0.6) is 5.75 Å². The van der Waals surface area contributed by atoms with Crippen molar-refractivity contribution in [2.45, 2.75) is 32.8 Å². The highest BCUT2D eigenvalue weighted by molar-refractivity contribution is 5.36. The van der Waals surface area contributed by atoms with Gasteiger partial charge in [-0.1, -0.05) is 36.4 Å². The van der Waals surface area contributed by atoms with Gasteiger partial charge in [-0.3, -0.25) is 0 Å². The molecule has 92 valence electrons. The molecule has 0 saturated heterocycles. The van der Waals surface area contributed by atoms with Gasteiger partial charge in [-0.25, -0.2) is 0 Å². The maximum Gasteiger partial charge on any atom is 0.122 e. The summed E-state index contributed by atoms with van der Waals surface area (Å²) in [4.78, 5) is 0. The van der Waals surface area contributed by atoms with Crippen LogP contribution in [0.3, 0.4) is 0 Å². The van der Waals surface area contributed by atoms with Gasteiger partial charge in [0.25, 0.3) is 0 Å². The summed E-state index contributed by atoms with van der Waals surface area (Å²) < 4.78 is 5.88. The van der Waals surface area contributed by atoms with Crippen LogP contribution >= 0.6 is 0 Å². The van der Waals surface area contributed by atoms with Crippen molar-refractivity contribution in [1.29, 1.82) is 0 Å². The average Bonchev–Trinajstić information content (AvgIpc) is 2.85. The van der Waals surface area contributed by atoms with Crippen LogP contribution in [0.15, 0.2) is 42.5 Å². The molecule has 2 aromatic rings. The minimum atomic E-state index is 0.665. The quantitative estimate of drug-likeness (QED) is 0.783. The molecule has 0 fully saturated rings. The van der Waals surface area contributed by atoms with E-state index in [2.05, 4.69) is 31.2 Å². The summed E-state index contributed by atoms with van der Waals surface area (Å²) in [6.45, 7) is 2.75. The van der Waals surface area contributed by atoms with Gasteiger partial charge < -0.3 is 4.74 Å². The molecule has 0 aliphatic heterocycles. The van der Waals surface area contributed by atoms with Crippen molar-refractivity contribution in [3.05, 3.63) is 64.7 Å². The molecular weight excluding hydrogens is 220 g/mol. The van der Waals surface area contributed by atoms with E-state index in [1.54, 1.807) is 0 Å². The Bertz CT molecular complexity index is 557. The average molecular weight is 238 g/mol. The Morgan fingerprint density at radius 1 is 1.00 bits per heavy atom. The number of hydrogen-bond donors (Lipinski definition) is 0. The third-order valence-electron chi connectivity index (χ3n) is 3.65. The molecule has 1 aliphatic rings. The summed E-state index contributed by atoms with van der Waals surface area (Å²) >= 11 is 0. The molecule has 18 heavy (non-hydrogen) atoms. The van der Waals surface area contributed by atoms with E-state index in [-0.39, 0.29) is 0 Å². The first-order valence-electron chi connectivity index (χ1n) is 6.62. The monoisotopic (exact) mass is 238 g/mol. The molecule has 0 amide bonds. The van der Waals surface area contributed by atoms with E-state index in [4.69, 9.17) is 4.74 Å². The fourth-order valence-electron chi connectivity index (χ4n) is 2.59. The topological polar surface area (TPSA) is 9.23 Å². The summed E-state index contributed by atoms with van der Waals surface area (Å²) in [7, 11) is 0. The minimum absolute atomic E-state index is 0.665. The standard InChI is InChI=1S/C17H18O/c1-13-5-2-3-8-17(13)18-12-14-9-10-15-6-4-7-16(15)11-14/h2-3,5,8-11H,4,6-7,12H2,1H3. The minimum Gasteiger partial charge on any atom is -0.489 e. The Balaban J connectivity index is 1.72. The molecule has 0 N–H and O–H groups in total. The van der Waals surface area contributed by atoms with Crippen LogP contribution < -0.4 is 4.74 Å². The van der Waals surface area contributed by atoms with E-state index in [1.165, 1.54) is 41.5 Å². The van der Waals surface area contributed by atoms with Crippen molar-refractivity contribution < 1.29 is 4.74 Å². The van der Waals surface area contributed by atoms with Gasteiger partial charge in [0.2, 0.25) is 0 Å². The molecule has 0 atom stereocenters. The first kappa shape index (κ1) is 11.3. The largest absolute Gasteiger partial charge is 0.489 e. The maximum absolute atomic E-state index is 5.88. The summed E-state index contributed by atoms with van der Waals surface area (Å²) in [6, 6.07) is 14.9. The van der Waals surface area contributed by atoms with Gasteiger partial charge in [0.15, 0.2) is 0 Å². The van der Waals surface area contributed by atoms with Crippen LogP contribution in [0.25, 0.3) is 0 Å². The smallest absolute Gasteiger partial charge is 0.122 e. The summed E-state index contributed by atoms with van der Waals surface area (Å²) in [5, 5.41) is 0. The number of para-hydroxylation sites is 1. The zero-order chi connectivity index (χ0) is 12.4. The number of rotatable bonds is 3. The molecule has 0 bridgehead atoms. The third-order valence-corrected chi connectivity index (χ3v) is 3.65. The Labute approximate surface area is 108 Å². The molecule has 0 radical (unpaired) electrons. The lowest BCUT2D eigenvalue weighted by atomic mass is 10.1. The zero-order valence-corrected chi connectivity index (χ0v) is 10.8. The predicted octanol–water partition coefficient (Wildman–Crippen LogP) is 4.06. The maximum atomic E-state index is 5.88. The zero-order valence-electron chi connectivity index (χ0n) is 10.8. The molecule has 0 unspecified atom stereocenters. The van der Waals surface area contributed by atoms with Crippen LogP contribution in [0.4, 0.5) is 0 Å². The van der Waals surface area contributed by atoms with Crippen LogP contribution in [-0.2, 0) is 19.4 Å². The molecule has 3 rings (SSSR count). The van der Waals surface area contributed by atoms with Gasteiger partial charge in [0.05, 0.1) is 0 Å². The summed E-state index contributed by atoms with van der Waals surface area (Å²) in [5.74, 6) is 0.984. The van der Waals surface area contributed by atoms with E-state index >= 15 is 0 Å². The van der Waals surface area contributed by atoms with Gasteiger partial charge in [-0.2, -0.15) is 0 Å². The molecule has 1 nitrogen and oxygen atoms in total. The highest BCUT2D eigenvalue weighted by Crippen LogP contribution is 2.24. The van der Waals surface area contributed by atoms with Crippen LogP contribution in [-0.4, -0.2) is 0 Å². The second kappa shape index (κ2) is 4.85. The van der Waals surface area contributed by atoms with Crippen molar-refractivity contribution in [3.8, 4) is 5.75 Å². The normalized spacial score (nSPS) is 13.4. The number of ether oxygens (including phenoxy) is 1. The fraction of sp³-hybridized carbons (Fsp3) is 0.294. The first-order chi connectivity index (χ1) is 8.83. The van der Waals surface area contributed by atoms with Gasteiger partial charge in [0, 0.05) is 0 Å². The van der Waals surface area contributed by atoms with Crippen molar-refractivity contribution in [2.24, 2.45) is 0 Å². The van der Waals surface area contributed by atoms with Gasteiger partial charge >= 0.3 is 0 Å². The van der Waals surface area contributed by atoms with Gasteiger partial charge in [-0.15, -0.1) is 0 Å². The lowest BCUT2D eigenvalue weighted by molar-refractivity contribution is 0.304. The second-order valence-corrected chi connectivity index (χ2v) is 5.01. The molecule has 1 heteroatoms. The van der Waals surface area contributed by atoms with E-state index in [9.17, 15) is 0 Å². The molecule has 0 saturated carbocycles. The summed E-state index contributed by atoms with van der Waals surface area (Å²) in [5.41, 5.74) is 5.51. The molecule has 2 aromatic carbocycles. The van der Waals surface area contributed by atoms with Crippen LogP contribution in [0, 0.1) is 6.92 Å². The highest BCUT2D eigenvalue weighted by atomic mass is 16.5. The molecule has 1 aliphatic carbocycles. The molecule has 0 aromatic heterocycles. The lowest BCUT2D eigenvalue weighted by Crippen LogP contribution is -1.98. The van der Waals surface area contributed by atoms with Crippen molar-refractivity contribution in [3.63, 3.8) is 0 Å². The Morgan fingerprint density at radius 3 is 2.72 bits per heavy atom. The number of benzene rings is 2. The van der Waals surface area contributed by atoms with E-state index in [1.807, 2.05) is 18.2 Å². The predicted molar refractivity (Wildman–Crippen MR) is 74.0 cm³/mol. The number of aryl methyl sites for hydroxylation is 3. The van der Waals surface area contributed by atoms with Crippen molar-refractivity contribution >= 4 is 0 Å². The van der Waals surface area contributed by atoms with E-state index in [0.717, 1.165) is 5.75 Å². The van der Waals surface area contributed by atoms with Crippen molar-refractivity contribution in [2.75, 3.05) is 0 Å². The van der Waals surface area contributed by atoms with Crippen LogP contribution in [0.1, 0.15) is 28.7 Å². The van der Waals surface area contributed by atoms with Gasteiger partial charge in [0.1, 0.15) is 12.4 Å². The van der Waals surface area contributed by atoms with E-state index < -0.39 is 0 Å². The van der Waals surface area contributed by atoms with Crippen LogP contribution in [0.2, 0.25) is 0 Å². The first-order valence-corrected chi connectivity index (χ1v) is 6.62. The second-order valence-electron chi connectivity index (χ2n) is 5.01. The van der Waals surface area contributed by atoms with E-state index in [0.29, 0.717) is 6.61 Å². The Hall–Kier alpha value is -1.76. The molecule has 0 spiro atoms. The number of hydrogen-bond acceptors (Lipinski definition) is 1. The highest BCUT2D eigenvalue weighted by Gasteiger charge is 2.10. The summed E-state index contributed by atoms with van der Waals surface area (Å²) in [6.07, 6.45) is 3.78. The third kappa shape index (κ3) is 2.26. The Kier molecular flexibility index (Phi) is 3.06. The molecule has 0 heterocycles. The molecular formula is C17H18O.